The Morgan fingerprint density at radius 2 is 1.92 bits per heavy atom. The van der Waals surface area contributed by atoms with Gasteiger partial charge in [0.1, 0.15) is 11.4 Å². The fourth-order valence-electron chi connectivity index (χ4n) is 2.88. The number of pyridine rings is 1. The number of hydrogen-bond acceptors (Lipinski definition) is 4. The van der Waals surface area contributed by atoms with Crippen molar-refractivity contribution in [2.75, 3.05) is 6.26 Å². The zero-order chi connectivity index (χ0) is 17.6. The standard InChI is InChI=1S/C19H14N2O3S/c1-25(24)12-6-7-17(22)15(9-12)18(23)11-8-14-13-4-2-3-5-16(13)21-19(14)20-10-11/h2-10,22H,1H3,(H,20,21). The van der Waals surface area contributed by atoms with E-state index in [0.717, 1.165) is 16.3 Å². The van der Waals surface area contributed by atoms with Crippen molar-refractivity contribution < 1.29 is 14.1 Å². The summed E-state index contributed by atoms with van der Waals surface area (Å²) in [6.07, 6.45) is 3.01. The van der Waals surface area contributed by atoms with Crippen LogP contribution in [0.2, 0.25) is 0 Å². The highest BCUT2D eigenvalue weighted by atomic mass is 32.2. The van der Waals surface area contributed by atoms with E-state index < -0.39 is 10.8 Å². The molecule has 2 aromatic heterocycles. The van der Waals surface area contributed by atoms with Crippen molar-refractivity contribution in [1.82, 2.24) is 9.97 Å². The van der Waals surface area contributed by atoms with Crippen LogP contribution in [0.4, 0.5) is 0 Å². The summed E-state index contributed by atoms with van der Waals surface area (Å²) in [6.45, 7) is 0. The fourth-order valence-corrected chi connectivity index (χ4v) is 3.42. The molecule has 2 heterocycles. The highest BCUT2D eigenvalue weighted by Gasteiger charge is 2.17. The summed E-state index contributed by atoms with van der Waals surface area (Å²) in [5, 5.41) is 11.9. The van der Waals surface area contributed by atoms with Crippen LogP contribution in [0, 0.1) is 0 Å². The normalized spacial score (nSPS) is 12.5. The molecule has 1 unspecified atom stereocenters. The summed E-state index contributed by atoms with van der Waals surface area (Å²) in [5.41, 5.74) is 2.13. The van der Waals surface area contributed by atoms with Gasteiger partial charge >= 0.3 is 0 Å². The lowest BCUT2D eigenvalue weighted by Gasteiger charge is -2.06. The molecule has 0 spiro atoms. The number of carbonyl (C=O) groups is 1. The van der Waals surface area contributed by atoms with Gasteiger partial charge in [-0.05, 0) is 30.3 Å². The van der Waals surface area contributed by atoms with E-state index in [1.807, 2.05) is 24.3 Å². The summed E-state index contributed by atoms with van der Waals surface area (Å²) >= 11 is 0. The molecule has 2 N–H and O–H groups in total. The first-order valence-corrected chi connectivity index (χ1v) is 9.18. The van der Waals surface area contributed by atoms with Crippen molar-refractivity contribution in [3.05, 3.63) is 65.9 Å². The molecule has 0 saturated carbocycles. The van der Waals surface area contributed by atoms with Crippen molar-refractivity contribution in [3.8, 4) is 5.75 Å². The number of benzene rings is 2. The van der Waals surface area contributed by atoms with Crippen LogP contribution in [0.25, 0.3) is 21.9 Å². The average Bonchev–Trinajstić information content (AvgIpc) is 2.99. The molecule has 1 atom stereocenters. The molecular formula is C19H14N2O3S. The Morgan fingerprint density at radius 3 is 2.72 bits per heavy atom. The number of nitrogens with one attached hydrogen (secondary N) is 1. The molecule has 0 aliphatic rings. The van der Waals surface area contributed by atoms with Crippen molar-refractivity contribution in [2.24, 2.45) is 0 Å². The van der Waals surface area contributed by atoms with Crippen molar-refractivity contribution >= 4 is 38.5 Å². The van der Waals surface area contributed by atoms with Gasteiger partial charge in [-0.1, -0.05) is 18.2 Å². The van der Waals surface area contributed by atoms with Gasteiger partial charge in [0.25, 0.3) is 0 Å². The second-order valence-electron chi connectivity index (χ2n) is 5.75. The molecule has 5 nitrogen and oxygen atoms in total. The third-order valence-corrected chi connectivity index (χ3v) is 5.08. The van der Waals surface area contributed by atoms with E-state index in [1.165, 1.54) is 24.6 Å². The molecule has 0 aliphatic carbocycles. The Labute approximate surface area is 145 Å². The van der Waals surface area contributed by atoms with Gasteiger partial charge in [-0.15, -0.1) is 0 Å². The maximum absolute atomic E-state index is 12.8. The lowest BCUT2D eigenvalue weighted by atomic mass is 10.0. The summed E-state index contributed by atoms with van der Waals surface area (Å²) in [5.74, 6) is -0.497. The summed E-state index contributed by atoms with van der Waals surface area (Å²) < 4.78 is 11.7. The molecule has 124 valence electrons. The van der Waals surface area contributed by atoms with Crippen LogP contribution in [0.15, 0.2) is 59.6 Å². The van der Waals surface area contributed by atoms with Gasteiger partial charge in [0, 0.05) is 50.0 Å². The molecule has 6 heteroatoms. The maximum Gasteiger partial charge on any atom is 0.198 e. The monoisotopic (exact) mass is 350 g/mol. The molecule has 0 aliphatic heterocycles. The van der Waals surface area contributed by atoms with Gasteiger partial charge in [0.15, 0.2) is 5.78 Å². The second kappa shape index (κ2) is 5.82. The van der Waals surface area contributed by atoms with Crippen molar-refractivity contribution in [2.45, 2.75) is 4.90 Å². The number of H-pyrrole nitrogens is 1. The minimum Gasteiger partial charge on any atom is -0.507 e. The van der Waals surface area contributed by atoms with Gasteiger partial charge in [0.05, 0.1) is 5.56 Å². The number of phenols is 1. The summed E-state index contributed by atoms with van der Waals surface area (Å²) in [6, 6.07) is 13.9. The molecule has 4 aromatic rings. The second-order valence-corrected chi connectivity index (χ2v) is 7.13. The summed E-state index contributed by atoms with van der Waals surface area (Å²) in [4.78, 5) is 20.9. The number of phenolic OH excluding ortho intramolecular Hbond substituents is 1. The number of carbonyl (C=O) groups excluding carboxylic acids is 1. The number of para-hydroxylation sites is 1. The van der Waals surface area contributed by atoms with E-state index in [1.54, 1.807) is 12.1 Å². The van der Waals surface area contributed by atoms with E-state index in [9.17, 15) is 14.1 Å². The van der Waals surface area contributed by atoms with Crippen molar-refractivity contribution in [3.63, 3.8) is 0 Å². The van der Waals surface area contributed by atoms with Gasteiger partial charge in [-0.2, -0.15) is 0 Å². The Balaban J connectivity index is 1.87. The first-order chi connectivity index (χ1) is 12.0. The molecule has 2 aromatic carbocycles. The largest absolute Gasteiger partial charge is 0.507 e. The van der Waals surface area contributed by atoms with Crippen LogP contribution in [0.5, 0.6) is 5.75 Å². The van der Waals surface area contributed by atoms with Gasteiger partial charge in [-0.3, -0.25) is 9.00 Å². The maximum atomic E-state index is 12.8. The number of ketones is 1. The lowest BCUT2D eigenvalue weighted by molar-refractivity contribution is 0.103. The topological polar surface area (TPSA) is 83.0 Å². The van der Waals surface area contributed by atoms with E-state index in [-0.39, 0.29) is 17.1 Å². The first kappa shape index (κ1) is 15.5. The Morgan fingerprint density at radius 1 is 1.12 bits per heavy atom. The van der Waals surface area contributed by atoms with Gasteiger partial charge in [0.2, 0.25) is 0 Å². The number of fused-ring (bicyclic) bond motifs is 3. The first-order valence-electron chi connectivity index (χ1n) is 7.62. The van der Waals surface area contributed by atoms with Crippen LogP contribution in [0.3, 0.4) is 0 Å². The third kappa shape index (κ3) is 2.60. The molecule has 0 bridgehead atoms. The summed E-state index contributed by atoms with van der Waals surface area (Å²) in [7, 11) is -1.24. The van der Waals surface area contributed by atoms with Gasteiger partial charge < -0.3 is 10.1 Å². The number of nitrogens with zero attached hydrogens (tertiary/aromatic N) is 1. The van der Waals surface area contributed by atoms with E-state index in [0.29, 0.717) is 16.1 Å². The van der Waals surface area contributed by atoms with Crippen LogP contribution in [-0.2, 0) is 10.8 Å². The molecule has 0 amide bonds. The third-order valence-electron chi connectivity index (χ3n) is 4.16. The molecule has 0 saturated heterocycles. The molecule has 4 rings (SSSR count). The fraction of sp³-hybridized carbons (Fsp3) is 0.0526. The highest BCUT2D eigenvalue weighted by molar-refractivity contribution is 7.84. The minimum absolute atomic E-state index is 0.119. The lowest BCUT2D eigenvalue weighted by Crippen LogP contribution is -2.03. The Hall–Kier alpha value is -2.99. The zero-order valence-electron chi connectivity index (χ0n) is 13.3. The predicted octanol–water partition coefficient (Wildman–Crippen LogP) is 3.39. The smallest absolute Gasteiger partial charge is 0.198 e. The zero-order valence-corrected chi connectivity index (χ0v) is 14.1. The minimum atomic E-state index is -1.24. The predicted molar refractivity (Wildman–Crippen MR) is 97.5 cm³/mol. The quantitative estimate of drug-likeness (QED) is 0.555. The SMILES string of the molecule is CS(=O)c1ccc(O)c(C(=O)c2cnc3[nH]c4ccccc4c3c2)c1. The van der Waals surface area contributed by atoms with Crippen molar-refractivity contribution in [1.29, 1.82) is 0 Å². The number of aromatic nitrogens is 2. The van der Waals surface area contributed by atoms with Crippen LogP contribution in [-0.4, -0.2) is 31.3 Å². The number of aromatic hydroxyl groups is 1. The molecular weight excluding hydrogens is 336 g/mol. The van der Waals surface area contributed by atoms with Gasteiger partial charge in [-0.25, -0.2) is 4.98 Å². The van der Waals surface area contributed by atoms with Crippen LogP contribution in [0.1, 0.15) is 15.9 Å². The van der Waals surface area contributed by atoms with E-state index >= 15 is 0 Å². The average molecular weight is 350 g/mol. The molecule has 0 fully saturated rings. The number of aromatic amines is 1. The highest BCUT2D eigenvalue weighted by Crippen LogP contribution is 2.27. The molecule has 25 heavy (non-hydrogen) atoms. The number of rotatable bonds is 3. The van der Waals surface area contributed by atoms with E-state index in [2.05, 4.69) is 9.97 Å². The van der Waals surface area contributed by atoms with Crippen LogP contribution >= 0.6 is 0 Å². The Bertz CT molecular complexity index is 1160. The Kier molecular flexibility index (Phi) is 3.62. The number of hydrogen-bond donors (Lipinski definition) is 2. The molecule has 0 radical (unpaired) electrons. The van der Waals surface area contributed by atoms with Crippen LogP contribution < -0.4 is 0 Å². The van der Waals surface area contributed by atoms with E-state index in [4.69, 9.17) is 0 Å².